The largest absolute Gasteiger partial charge is 0.497 e. The van der Waals surface area contributed by atoms with Gasteiger partial charge in [-0.15, -0.1) is 0 Å². The highest BCUT2D eigenvalue weighted by Gasteiger charge is 2.59. The molecule has 0 radical (unpaired) electrons. The highest BCUT2D eigenvalue weighted by Crippen LogP contribution is 2.58. The van der Waals surface area contributed by atoms with E-state index in [-0.39, 0.29) is 18.9 Å². The maximum absolute atomic E-state index is 13.6. The number of anilines is 1. The first-order chi connectivity index (χ1) is 12.2. The summed E-state index contributed by atoms with van der Waals surface area (Å²) < 4.78 is 68.8. The first kappa shape index (κ1) is 20.7. The average molecular weight is 395 g/mol. The van der Waals surface area contributed by atoms with Crippen LogP contribution >= 0.6 is 7.60 Å². The minimum atomic E-state index is -4.69. The predicted molar refractivity (Wildman–Crippen MR) is 89.6 cm³/mol. The van der Waals surface area contributed by atoms with E-state index in [0.29, 0.717) is 10.6 Å². The van der Waals surface area contributed by atoms with E-state index in [2.05, 4.69) is 0 Å². The van der Waals surface area contributed by atoms with E-state index in [4.69, 9.17) is 13.8 Å². The second-order valence-corrected chi connectivity index (χ2v) is 7.81. The number of ether oxygens (including phenoxy) is 1. The number of amides is 1. The van der Waals surface area contributed by atoms with Crippen molar-refractivity contribution in [1.29, 1.82) is 0 Å². The van der Waals surface area contributed by atoms with Gasteiger partial charge in [-0.3, -0.25) is 14.3 Å². The van der Waals surface area contributed by atoms with E-state index in [9.17, 15) is 22.5 Å². The quantitative estimate of drug-likeness (QED) is 0.653. The summed E-state index contributed by atoms with van der Waals surface area (Å²) in [5, 5.41) is 0. The zero-order valence-corrected chi connectivity index (χ0v) is 15.5. The summed E-state index contributed by atoms with van der Waals surface area (Å²) in [5.74, 6) is -0.488. The van der Waals surface area contributed by atoms with Gasteiger partial charge in [0.2, 0.25) is 5.91 Å². The van der Waals surface area contributed by atoms with Crippen molar-refractivity contribution in [2.45, 2.75) is 38.1 Å². The first-order valence-electron chi connectivity index (χ1n) is 8.10. The molecule has 0 aliphatic carbocycles. The smallest absolute Gasteiger partial charge is 0.409 e. The van der Waals surface area contributed by atoms with Crippen LogP contribution in [0.2, 0.25) is 0 Å². The van der Waals surface area contributed by atoms with E-state index in [1.807, 2.05) is 0 Å². The van der Waals surface area contributed by atoms with E-state index in [0.717, 1.165) is 0 Å². The summed E-state index contributed by atoms with van der Waals surface area (Å²) in [6.07, 6.45) is -5.38. The Labute approximate surface area is 149 Å². The van der Waals surface area contributed by atoms with E-state index < -0.39 is 37.8 Å². The lowest BCUT2D eigenvalue weighted by atomic mass is 10.2. The number of carbonyl (C=O) groups excluding carboxylic acids is 1. The van der Waals surface area contributed by atoms with Gasteiger partial charge in [-0.25, -0.2) is 0 Å². The normalized spacial score (nSPS) is 21.3. The molecular weight excluding hydrogens is 374 g/mol. The standard InChI is InChI=1S/C16H21F3NO5P/c1-4-24-26(22,25-5-2)13-10-14(16(17,18)19)20(15(13)21)11-6-8-12(23-3)9-7-11/h6-9,13-14H,4-5,10H2,1-3H3. The Morgan fingerprint density at radius 3 is 2.12 bits per heavy atom. The van der Waals surface area contributed by atoms with E-state index in [1.165, 1.54) is 45.2 Å². The van der Waals surface area contributed by atoms with Crippen molar-refractivity contribution in [2.24, 2.45) is 0 Å². The molecule has 2 atom stereocenters. The number of alkyl halides is 3. The van der Waals surface area contributed by atoms with Gasteiger partial charge in [0.1, 0.15) is 17.5 Å². The summed E-state index contributed by atoms with van der Waals surface area (Å²) in [4.78, 5) is 13.4. The summed E-state index contributed by atoms with van der Waals surface area (Å²) in [6, 6.07) is 3.50. The van der Waals surface area contributed by atoms with Crippen LogP contribution in [0.25, 0.3) is 0 Å². The van der Waals surface area contributed by atoms with E-state index >= 15 is 0 Å². The fraction of sp³-hybridized carbons (Fsp3) is 0.562. The number of hydrogen-bond acceptors (Lipinski definition) is 5. The van der Waals surface area contributed by atoms with Crippen molar-refractivity contribution in [2.75, 3.05) is 25.2 Å². The monoisotopic (exact) mass is 395 g/mol. The third kappa shape index (κ3) is 4.05. The number of rotatable bonds is 7. The van der Waals surface area contributed by atoms with Gasteiger partial charge in [-0.2, -0.15) is 13.2 Å². The molecule has 2 rings (SSSR count). The Morgan fingerprint density at radius 1 is 1.15 bits per heavy atom. The van der Waals surface area contributed by atoms with Crippen LogP contribution in [0.5, 0.6) is 5.75 Å². The summed E-state index contributed by atoms with van der Waals surface area (Å²) in [7, 11) is -2.60. The zero-order valence-electron chi connectivity index (χ0n) is 14.7. The molecule has 0 aromatic heterocycles. The second-order valence-electron chi connectivity index (χ2n) is 5.59. The maximum Gasteiger partial charge on any atom is 0.409 e. The maximum atomic E-state index is 13.6. The van der Waals surface area contributed by atoms with Crippen molar-refractivity contribution >= 4 is 19.2 Å². The van der Waals surface area contributed by atoms with Crippen LogP contribution in [-0.2, 0) is 18.4 Å². The number of hydrogen-bond donors (Lipinski definition) is 0. The molecule has 1 saturated heterocycles. The highest BCUT2D eigenvalue weighted by molar-refractivity contribution is 7.55. The Kier molecular flexibility index (Phi) is 6.37. The lowest BCUT2D eigenvalue weighted by Gasteiger charge is -2.26. The minimum Gasteiger partial charge on any atom is -0.497 e. The van der Waals surface area contributed by atoms with Gasteiger partial charge in [0.05, 0.1) is 20.3 Å². The molecule has 0 N–H and O–H groups in total. The third-order valence-corrected chi connectivity index (χ3v) is 6.44. The lowest BCUT2D eigenvalue weighted by molar-refractivity contribution is -0.148. The number of benzene rings is 1. The SMILES string of the molecule is CCOP(=O)(OCC)C1CC(C(F)(F)F)N(c2ccc(OC)cc2)C1=O. The molecule has 1 aliphatic rings. The number of nitrogens with zero attached hydrogens (tertiary/aromatic N) is 1. The van der Waals surface area contributed by atoms with Crippen LogP contribution in [0.3, 0.4) is 0 Å². The molecule has 0 bridgehead atoms. The lowest BCUT2D eigenvalue weighted by Crippen LogP contribution is -2.43. The fourth-order valence-corrected chi connectivity index (χ4v) is 4.91. The Hall–Kier alpha value is -1.57. The van der Waals surface area contributed by atoms with Crippen molar-refractivity contribution in [3.63, 3.8) is 0 Å². The van der Waals surface area contributed by atoms with Crippen LogP contribution < -0.4 is 9.64 Å². The Morgan fingerprint density at radius 2 is 1.69 bits per heavy atom. The number of halogens is 3. The first-order valence-corrected chi connectivity index (χ1v) is 9.71. The van der Waals surface area contributed by atoms with Gasteiger partial charge in [0, 0.05) is 12.1 Å². The second kappa shape index (κ2) is 7.98. The van der Waals surface area contributed by atoms with Crippen LogP contribution in [0.1, 0.15) is 20.3 Å². The third-order valence-electron chi connectivity index (χ3n) is 4.01. The molecule has 1 fully saturated rings. The summed E-state index contributed by atoms with van der Waals surface area (Å²) >= 11 is 0. The molecule has 1 heterocycles. The molecular formula is C16H21F3NO5P. The van der Waals surface area contributed by atoms with Crippen LogP contribution in [-0.4, -0.2) is 44.1 Å². The number of methoxy groups -OCH3 is 1. The van der Waals surface area contributed by atoms with Gasteiger partial charge < -0.3 is 13.8 Å². The zero-order chi connectivity index (χ0) is 19.5. The van der Waals surface area contributed by atoms with Crippen molar-refractivity contribution < 1.29 is 36.3 Å². The molecule has 146 valence electrons. The Bertz CT molecular complexity index is 669. The predicted octanol–water partition coefficient (Wildman–Crippen LogP) is 4.00. The molecule has 1 aromatic carbocycles. The molecule has 10 heteroatoms. The Balaban J connectivity index is 2.44. The van der Waals surface area contributed by atoms with Crippen LogP contribution in [0.15, 0.2) is 24.3 Å². The van der Waals surface area contributed by atoms with Crippen molar-refractivity contribution in [3.05, 3.63) is 24.3 Å². The fourth-order valence-electron chi connectivity index (χ4n) is 2.90. The van der Waals surface area contributed by atoms with E-state index in [1.54, 1.807) is 0 Å². The van der Waals surface area contributed by atoms with Crippen LogP contribution in [0.4, 0.5) is 18.9 Å². The molecule has 0 spiro atoms. The molecule has 1 amide bonds. The van der Waals surface area contributed by atoms with Gasteiger partial charge >= 0.3 is 13.8 Å². The molecule has 1 aliphatic heterocycles. The molecule has 6 nitrogen and oxygen atoms in total. The summed E-state index contributed by atoms with van der Waals surface area (Å²) in [6.45, 7) is 2.99. The molecule has 26 heavy (non-hydrogen) atoms. The molecule has 1 aromatic rings. The van der Waals surface area contributed by atoms with Gasteiger partial charge in [-0.05, 0) is 38.1 Å². The van der Waals surface area contributed by atoms with Gasteiger partial charge in [0.15, 0.2) is 0 Å². The minimum absolute atomic E-state index is 0.0414. The highest BCUT2D eigenvalue weighted by atomic mass is 31.2. The summed E-state index contributed by atoms with van der Waals surface area (Å²) in [5.41, 5.74) is -1.46. The van der Waals surface area contributed by atoms with Crippen molar-refractivity contribution in [3.8, 4) is 5.75 Å². The van der Waals surface area contributed by atoms with Gasteiger partial charge in [-0.1, -0.05) is 0 Å². The topological polar surface area (TPSA) is 65.1 Å². The van der Waals surface area contributed by atoms with Crippen molar-refractivity contribution in [1.82, 2.24) is 0 Å². The number of carbonyl (C=O) groups is 1. The molecule has 2 unspecified atom stereocenters. The molecule has 0 saturated carbocycles. The van der Waals surface area contributed by atoms with Gasteiger partial charge in [0.25, 0.3) is 0 Å². The van der Waals surface area contributed by atoms with Crippen LogP contribution in [0, 0.1) is 0 Å². The average Bonchev–Trinajstić information content (AvgIpc) is 2.94.